The van der Waals surface area contributed by atoms with Crippen molar-refractivity contribution in [3.8, 4) is 0 Å². The molecule has 0 bridgehead atoms. The van der Waals surface area contributed by atoms with Gasteiger partial charge in [-0.15, -0.1) is 0 Å². The molecule has 1 aromatic heterocycles. The molecule has 0 saturated carbocycles. The average molecular weight is 197 g/mol. The van der Waals surface area contributed by atoms with Crippen LogP contribution in [0.25, 0.3) is 0 Å². The summed E-state index contributed by atoms with van der Waals surface area (Å²) in [6.07, 6.45) is 3.84. The Labute approximate surface area is 84.9 Å². The molecular weight excluding hydrogens is 178 g/mol. The quantitative estimate of drug-likeness (QED) is 0.751. The average Bonchev–Trinajstić information content (AvgIpc) is 2.63. The molecule has 1 aromatic rings. The highest BCUT2D eigenvalue weighted by atomic mass is 16.5. The third kappa shape index (κ3) is 3.46. The summed E-state index contributed by atoms with van der Waals surface area (Å²) in [6.45, 7) is 4.97. The number of hydrogen-bond donors (Lipinski definition) is 1. The maximum atomic E-state index is 5.47. The van der Waals surface area contributed by atoms with Crippen molar-refractivity contribution in [3.05, 3.63) is 11.7 Å². The summed E-state index contributed by atoms with van der Waals surface area (Å²) >= 11 is 0. The maximum Gasteiger partial charge on any atom is 0.226 e. The van der Waals surface area contributed by atoms with E-state index < -0.39 is 0 Å². The lowest BCUT2D eigenvalue weighted by Gasteiger charge is -2.06. The summed E-state index contributed by atoms with van der Waals surface area (Å²) in [5.41, 5.74) is 5.47. The molecule has 1 atom stereocenters. The molecule has 1 rings (SSSR count). The minimum absolute atomic E-state index is 0.636. The van der Waals surface area contributed by atoms with Crippen LogP contribution in [0.2, 0.25) is 0 Å². The standard InChI is InChI=1S/C10H19N3O/c1-3-9-12-10(14-13-9)5-4-8(2)6-7-11/h8H,3-7,11H2,1-2H3. The molecular formula is C10H19N3O. The van der Waals surface area contributed by atoms with Crippen LogP contribution in [-0.2, 0) is 12.8 Å². The van der Waals surface area contributed by atoms with Crippen LogP contribution in [0.3, 0.4) is 0 Å². The molecule has 0 fully saturated rings. The molecule has 0 aliphatic rings. The Morgan fingerprint density at radius 3 is 2.79 bits per heavy atom. The first kappa shape index (κ1) is 11.2. The van der Waals surface area contributed by atoms with Gasteiger partial charge < -0.3 is 10.3 Å². The van der Waals surface area contributed by atoms with Crippen LogP contribution in [-0.4, -0.2) is 16.7 Å². The number of hydrogen-bond acceptors (Lipinski definition) is 4. The SMILES string of the molecule is CCc1noc(CCC(C)CCN)n1. The third-order valence-corrected chi connectivity index (χ3v) is 2.34. The van der Waals surface area contributed by atoms with Gasteiger partial charge in [-0.3, -0.25) is 0 Å². The fourth-order valence-electron chi connectivity index (χ4n) is 1.33. The molecule has 0 radical (unpaired) electrons. The van der Waals surface area contributed by atoms with E-state index in [1.54, 1.807) is 0 Å². The fourth-order valence-corrected chi connectivity index (χ4v) is 1.33. The Morgan fingerprint density at radius 2 is 2.21 bits per heavy atom. The highest BCUT2D eigenvalue weighted by Crippen LogP contribution is 2.10. The van der Waals surface area contributed by atoms with E-state index in [1.807, 2.05) is 6.92 Å². The van der Waals surface area contributed by atoms with Crippen LogP contribution in [0.15, 0.2) is 4.52 Å². The Kier molecular flexibility index (Phi) is 4.59. The minimum Gasteiger partial charge on any atom is -0.339 e. The molecule has 0 amide bonds. The van der Waals surface area contributed by atoms with E-state index in [0.717, 1.165) is 43.9 Å². The fraction of sp³-hybridized carbons (Fsp3) is 0.800. The van der Waals surface area contributed by atoms with E-state index in [-0.39, 0.29) is 0 Å². The summed E-state index contributed by atoms with van der Waals surface area (Å²) in [5, 5.41) is 3.85. The maximum absolute atomic E-state index is 5.47. The Bertz CT molecular complexity index is 260. The molecule has 1 unspecified atom stereocenters. The van der Waals surface area contributed by atoms with Crippen molar-refractivity contribution >= 4 is 0 Å². The van der Waals surface area contributed by atoms with Gasteiger partial charge in [-0.1, -0.05) is 19.0 Å². The lowest BCUT2D eigenvalue weighted by molar-refractivity contribution is 0.358. The number of nitrogens with zero attached hydrogens (tertiary/aromatic N) is 2. The van der Waals surface area contributed by atoms with E-state index in [2.05, 4.69) is 17.1 Å². The van der Waals surface area contributed by atoms with Gasteiger partial charge in [-0.05, 0) is 25.3 Å². The molecule has 14 heavy (non-hydrogen) atoms. The second-order valence-corrected chi connectivity index (χ2v) is 3.68. The van der Waals surface area contributed by atoms with Gasteiger partial charge in [-0.25, -0.2) is 0 Å². The van der Waals surface area contributed by atoms with Gasteiger partial charge in [-0.2, -0.15) is 4.98 Å². The van der Waals surface area contributed by atoms with Crippen molar-refractivity contribution in [2.75, 3.05) is 6.54 Å². The molecule has 0 aliphatic heterocycles. The molecule has 4 nitrogen and oxygen atoms in total. The number of aryl methyl sites for hydroxylation is 2. The normalized spacial score (nSPS) is 13.1. The molecule has 1 heterocycles. The minimum atomic E-state index is 0.636. The lowest BCUT2D eigenvalue weighted by atomic mass is 10.0. The highest BCUT2D eigenvalue weighted by Gasteiger charge is 2.07. The van der Waals surface area contributed by atoms with Gasteiger partial charge in [0.2, 0.25) is 5.89 Å². The molecule has 0 saturated heterocycles. The van der Waals surface area contributed by atoms with Gasteiger partial charge in [0.15, 0.2) is 5.82 Å². The summed E-state index contributed by atoms with van der Waals surface area (Å²) in [7, 11) is 0. The predicted octanol–water partition coefficient (Wildman–Crippen LogP) is 1.55. The van der Waals surface area contributed by atoms with Crippen LogP contribution < -0.4 is 5.73 Å². The summed E-state index contributed by atoms with van der Waals surface area (Å²) in [4.78, 5) is 4.25. The Morgan fingerprint density at radius 1 is 1.43 bits per heavy atom. The number of aromatic nitrogens is 2. The van der Waals surface area contributed by atoms with Crippen LogP contribution in [0.1, 0.15) is 38.4 Å². The summed E-state index contributed by atoms with van der Waals surface area (Å²) < 4.78 is 5.09. The van der Waals surface area contributed by atoms with Gasteiger partial charge in [0.25, 0.3) is 0 Å². The number of nitrogens with two attached hydrogens (primary N) is 1. The Hall–Kier alpha value is -0.900. The van der Waals surface area contributed by atoms with Crippen molar-refractivity contribution in [1.82, 2.24) is 10.1 Å². The molecule has 2 N–H and O–H groups in total. The first-order chi connectivity index (χ1) is 6.76. The first-order valence-corrected chi connectivity index (χ1v) is 5.27. The van der Waals surface area contributed by atoms with E-state index >= 15 is 0 Å². The first-order valence-electron chi connectivity index (χ1n) is 5.27. The van der Waals surface area contributed by atoms with Crippen molar-refractivity contribution in [3.63, 3.8) is 0 Å². The predicted molar refractivity (Wildman–Crippen MR) is 54.8 cm³/mol. The molecule has 80 valence electrons. The van der Waals surface area contributed by atoms with Crippen LogP contribution in [0.4, 0.5) is 0 Å². The molecule has 0 spiro atoms. The Balaban J connectivity index is 2.30. The van der Waals surface area contributed by atoms with Crippen LogP contribution >= 0.6 is 0 Å². The van der Waals surface area contributed by atoms with E-state index in [9.17, 15) is 0 Å². The largest absolute Gasteiger partial charge is 0.339 e. The molecule has 0 aromatic carbocycles. The molecule has 0 aliphatic carbocycles. The highest BCUT2D eigenvalue weighted by molar-refractivity contribution is 4.85. The van der Waals surface area contributed by atoms with Crippen molar-refractivity contribution < 1.29 is 4.52 Å². The zero-order valence-corrected chi connectivity index (χ0v) is 8.99. The van der Waals surface area contributed by atoms with Gasteiger partial charge in [0.05, 0.1) is 0 Å². The monoisotopic (exact) mass is 197 g/mol. The second kappa shape index (κ2) is 5.75. The van der Waals surface area contributed by atoms with Crippen molar-refractivity contribution in [1.29, 1.82) is 0 Å². The van der Waals surface area contributed by atoms with Crippen molar-refractivity contribution in [2.24, 2.45) is 11.7 Å². The van der Waals surface area contributed by atoms with Crippen LogP contribution in [0, 0.1) is 5.92 Å². The van der Waals surface area contributed by atoms with Crippen LogP contribution in [0.5, 0.6) is 0 Å². The summed E-state index contributed by atoms with van der Waals surface area (Å²) in [5.74, 6) is 2.19. The summed E-state index contributed by atoms with van der Waals surface area (Å²) in [6, 6.07) is 0. The van der Waals surface area contributed by atoms with Gasteiger partial charge >= 0.3 is 0 Å². The van der Waals surface area contributed by atoms with Gasteiger partial charge in [0, 0.05) is 12.8 Å². The molecule has 4 heteroatoms. The zero-order valence-electron chi connectivity index (χ0n) is 8.99. The zero-order chi connectivity index (χ0) is 10.4. The number of rotatable bonds is 6. The van der Waals surface area contributed by atoms with E-state index in [1.165, 1.54) is 0 Å². The van der Waals surface area contributed by atoms with Crippen molar-refractivity contribution in [2.45, 2.75) is 39.5 Å². The third-order valence-electron chi connectivity index (χ3n) is 2.34. The second-order valence-electron chi connectivity index (χ2n) is 3.68. The smallest absolute Gasteiger partial charge is 0.226 e. The topological polar surface area (TPSA) is 64.9 Å². The van der Waals surface area contributed by atoms with Gasteiger partial charge in [0.1, 0.15) is 0 Å². The lowest BCUT2D eigenvalue weighted by Crippen LogP contribution is -2.06. The van der Waals surface area contributed by atoms with E-state index in [0.29, 0.717) is 5.92 Å². The van der Waals surface area contributed by atoms with E-state index in [4.69, 9.17) is 10.3 Å².